The van der Waals surface area contributed by atoms with Gasteiger partial charge in [0.05, 0.1) is 38.6 Å². The Bertz CT molecular complexity index is 4010. The molecule has 6 nitrogen and oxygen atoms in total. The number of benzene rings is 8. The van der Waals surface area contributed by atoms with E-state index in [1.165, 1.54) is 70.4 Å². The number of fused-ring (bicyclic) bond motifs is 18. The second-order valence-corrected chi connectivity index (χ2v) is 14.9. The summed E-state index contributed by atoms with van der Waals surface area (Å²) in [6, 6.07) is 58.5. The zero-order valence-electron chi connectivity index (χ0n) is 29.7. The van der Waals surface area contributed by atoms with Crippen LogP contribution in [-0.2, 0) is 0 Å². The number of hydrogen-bond acceptors (Lipinski definition) is 3. The first-order valence-electron chi connectivity index (χ1n) is 19.0. The van der Waals surface area contributed by atoms with Crippen LogP contribution in [0.25, 0.3) is 126 Å². The largest absolute Gasteiger partial charge is 0.450 e. The fourth-order valence-electron chi connectivity index (χ4n) is 9.96. The van der Waals surface area contributed by atoms with Gasteiger partial charge >= 0.3 is 0 Å². The molecular weight excluding hydrogens is 687 g/mol. The van der Waals surface area contributed by atoms with Gasteiger partial charge in [-0.25, -0.2) is 4.98 Å². The molecule has 0 radical (unpaired) electrons. The van der Waals surface area contributed by atoms with Crippen molar-refractivity contribution in [2.24, 2.45) is 0 Å². The standard InChI is InChI=1S/C50H27N5O/c1-2-14-29-28(13-1)25-26-40-43(29)31-16-4-11-23-39(31)55(40)50-51-46-34-19-7-12-24-42(34)56-48(46)49(52-50)54-38-22-10-5-17-32(38)44-41(54)27-35-30-15-3-8-20-36(30)53-37-21-9-6-18-33(37)45(44)47(35)53/h1-27H. The maximum absolute atomic E-state index is 6.82. The Morgan fingerprint density at radius 3 is 1.77 bits per heavy atom. The molecule has 0 bridgehead atoms. The summed E-state index contributed by atoms with van der Waals surface area (Å²) < 4.78 is 13.8. The van der Waals surface area contributed by atoms with E-state index >= 15 is 0 Å². The van der Waals surface area contributed by atoms with E-state index in [2.05, 4.69) is 165 Å². The smallest absolute Gasteiger partial charge is 0.237 e. The lowest BCUT2D eigenvalue weighted by Gasteiger charge is -2.12. The summed E-state index contributed by atoms with van der Waals surface area (Å²) in [5, 5.41) is 13.0. The minimum absolute atomic E-state index is 0.596. The Balaban J connectivity index is 1.21. The second-order valence-electron chi connectivity index (χ2n) is 14.9. The van der Waals surface area contributed by atoms with Crippen LogP contribution in [0, 0.1) is 0 Å². The van der Waals surface area contributed by atoms with Crippen molar-refractivity contribution in [1.82, 2.24) is 23.5 Å². The SMILES string of the molecule is c1ccc2c(c1)ccc1c2c2ccccc2n1-c1nc(-n2c3ccccc3c3c4c5ccccc5n5c6ccccc6c(cc32)c45)c2oc3ccccc3c2n1. The molecule has 0 amide bonds. The molecule has 0 N–H and O–H groups in total. The summed E-state index contributed by atoms with van der Waals surface area (Å²) in [7, 11) is 0. The average molecular weight is 714 g/mol. The molecule has 0 saturated carbocycles. The van der Waals surface area contributed by atoms with Crippen LogP contribution in [0.5, 0.6) is 0 Å². The predicted molar refractivity (Wildman–Crippen MR) is 230 cm³/mol. The molecule has 0 aliphatic heterocycles. The molecule has 0 atom stereocenters. The number of rotatable bonds is 2. The quantitative estimate of drug-likeness (QED) is 0.179. The van der Waals surface area contributed by atoms with Gasteiger partial charge in [0.15, 0.2) is 11.4 Å². The third kappa shape index (κ3) is 3.39. The number of furan rings is 1. The van der Waals surface area contributed by atoms with Crippen LogP contribution < -0.4 is 0 Å². The highest BCUT2D eigenvalue weighted by Crippen LogP contribution is 2.47. The molecule has 0 spiro atoms. The summed E-state index contributed by atoms with van der Waals surface area (Å²) in [4.78, 5) is 11.0. The third-order valence-corrected chi connectivity index (χ3v) is 12.2. The number of hydrogen-bond donors (Lipinski definition) is 0. The highest BCUT2D eigenvalue weighted by molar-refractivity contribution is 6.36. The molecule has 56 heavy (non-hydrogen) atoms. The average Bonchev–Trinajstić information content (AvgIpc) is 4.05. The Kier molecular flexibility index (Phi) is 5.18. The van der Waals surface area contributed by atoms with Crippen molar-refractivity contribution >= 4 is 115 Å². The predicted octanol–water partition coefficient (Wildman–Crippen LogP) is 12.9. The van der Waals surface area contributed by atoms with Crippen molar-refractivity contribution in [1.29, 1.82) is 0 Å². The fraction of sp³-hybridized carbons (Fsp3) is 0. The van der Waals surface area contributed by atoms with Gasteiger partial charge < -0.3 is 8.82 Å². The Hall–Kier alpha value is -7.70. The van der Waals surface area contributed by atoms with E-state index in [1.54, 1.807) is 0 Å². The van der Waals surface area contributed by atoms with E-state index in [0.29, 0.717) is 17.3 Å². The molecule has 0 aliphatic carbocycles. The molecule has 6 heteroatoms. The highest BCUT2D eigenvalue weighted by Gasteiger charge is 2.27. The van der Waals surface area contributed by atoms with E-state index in [0.717, 1.165) is 38.6 Å². The van der Waals surface area contributed by atoms with Gasteiger partial charge in [0.25, 0.3) is 0 Å². The van der Waals surface area contributed by atoms with Crippen molar-refractivity contribution in [3.8, 4) is 11.8 Å². The fourth-order valence-corrected chi connectivity index (χ4v) is 9.96. The van der Waals surface area contributed by atoms with Crippen LogP contribution in [0.2, 0.25) is 0 Å². The summed E-state index contributed by atoms with van der Waals surface area (Å²) in [5.41, 5.74) is 10.1. The van der Waals surface area contributed by atoms with Gasteiger partial charge in [-0.1, -0.05) is 115 Å². The Labute approximate surface area is 317 Å². The van der Waals surface area contributed by atoms with E-state index in [-0.39, 0.29) is 0 Å². The summed E-state index contributed by atoms with van der Waals surface area (Å²) in [6.07, 6.45) is 0. The van der Waals surface area contributed by atoms with Gasteiger partial charge in [-0.05, 0) is 59.3 Å². The molecule has 6 aromatic heterocycles. The maximum atomic E-state index is 6.82. The normalized spacial score (nSPS) is 12.6. The van der Waals surface area contributed by atoms with Crippen molar-refractivity contribution in [3.63, 3.8) is 0 Å². The molecule has 0 aliphatic rings. The minimum atomic E-state index is 0.596. The van der Waals surface area contributed by atoms with Gasteiger partial charge in [0.1, 0.15) is 11.1 Å². The molecule has 0 saturated heterocycles. The number of para-hydroxylation sites is 5. The van der Waals surface area contributed by atoms with Crippen LogP contribution in [0.3, 0.4) is 0 Å². The van der Waals surface area contributed by atoms with Crippen molar-refractivity contribution in [2.45, 2.75) is 0 Å². The van der Waals surface area contributed by atoms with Crippen LogP contribution in [-0.4, -0.2) is 23.5 Å². The van der Waals surface area contributed by atoms with Gasteiger partial charge in [0, 0.05) is 48.5 Å². The highest BCUT2D eigenvalue weighted by atomic mass is 16.3. The first-order chi connectivity index (χ1) is 27.8. The summed E-state index contributed by atoms with van der Waals surface area (Å²) in [6.45, 7) is 0. The second kappa shape index (κ2) is 10.1. The Morgan fingerprint density at radius 2 is 0.982 bits per heavy atom. The molecule has 8 aromatic carbocycles. The van der Waals surface area contributed by atoms with E-state index < -0.39 is 0 Å². The monoisotopic (exact) mass is 713 g/mol. The lowest BCUT2D eigenvalue weighted by molar-refractivity contribution is 0.661. The lowest BCUT2D eigenvalue weighted by Crippen LogP contribution is -2.06. The molecule has 14 rings (SSSR count). The molecular formula is C50H27N5O. The first-order valence-corrected chi connectivity index (χ1v) is 19.0. The van der Waals surface area contributed by atoms with Gasteiger partial charge in [0.2, 0.25) is 5.95 Å². The minimum Gasteiger partial charge on any atom is -0.450 e. The molecule has 14 aromatic rings. The van der Waals surface area contributed by atoms with Gasteiger partial charge in [-0.15, -0.1) is 0 Å². The summed E-state index contributed by atoms with van der Waals surface area (Å²) in [5.74, 6) is 1.31. The number of nitrogens with zero attached hydrogens (tertiary/aromatic N) is 5. The molecule has 0 unspecified atom stereocenters. The van der Waals surface area contributed by atoms with E-state index in [4.69, 9.17) is 14.4 Å². The zero-order valence-corrected chi connectivity index (χ0v) is 29.7. The van der Waals surface area contributed by atoms with Crippen molar-refractivity contribution < 1.29 is 4.42 Å². The van der Waals surface area contributed by atoms with E-state index in [1.807, 2.05) is 12.1 Å². The van der Waals surface area contributed by atoms with Gasteiger partial charge in [-0.2, -0.15) is 4.98 Å². The summed E-state index contributed by atoms with van der Waals surface area (Å²) >= 11 is 0. The van der Waals surface area contributed by atoms with Crippen molar-refractivity contribution in [2.75, 3.05) is 0 Å². The third-order valence-electron chi connectivity index (χ3n) is 12.2. The first kappa shape index (κ1) is 28.8. The van der Waals surface area contributed by atoms with Crippen LogP contribution in [0.1, 0.15) is 0 Å². The van der Waals surface area contributed by atoms with Crippen LogP contribution >= 0.6 is 0 Å². The van der Waals surface area contributed by atoms with Crippen molar-refractivity contribution in [3.05, 3.63) is 164 Å². The van der Waals surface area contributed by atoms with Crippen LogP contribution in [0.15, 0.2) is 168 Å². The molecule has 6 heterocycles. The number of aromatic nitrogens is 5. The van der Waals surface area contributed by atoms with Gasteiger partial charge in [-0.3, -0.25) is 9.13 Å². The zero-order chi connectivity index (χ0) is 36.2. The lowest BCUT2D eigenvalue weighted by atomic mass is 10.0. The van der Waals surface area contributed by atoms with E-state index in [9.17, 15) is 0 Å². The molecule has 0 fully saturated rings. The topological polar surface area (TPSA) is 53.2 Å². The van der Waals surface area contributed by atoms with Crippen LogP contribution in [0.4, 0.5) is 0 Å². The maximum Gasteiger partial charge on any atom is 0.237 e. The molecule has 258 valence electrons. The Morgan fingerprint density at radius 1 is 0.393 bits per heavy atom.